The standard InChI is InChI=1S/C12H20BrN3O2/c1-8-9(3-5-18-8)11(14)12-10(13)7-15-16(12)4-6-17-2/h7-9,11H,3-6,14H2,1-2H3. The molecule has 1 aliphatic heterocycles. The number of rotatable bonds is 5. The third kappa shape index (κ3) is 2.77. The maximum Gasteiger partial charge on any atom is 0.0698 e. The molecule has 0 saturated carbocycles. The van der Waals surface area contributed by atoms with Gasteiger partial charge in [0.25, 0.3) is 0 Å². The molecule has 0 amide bonds. The summed E-state index contributed by atoms with van der Waals surface area (Å²) in [5.74, 6) is 0.347. The molecule has 1 fully saturated rings. The first kappa shape index (κ1) is 14.0. The summed E-state index contributed by atoms with van der Waals surface area (Å²) in [6.45, 7) is 4.22. The highest BCUT2D eigenvalue weighted by Gasteiger charge is 2.33. The molecule has 1 aromatic rings. The normalized spacial score (nSPS) is 25.6. The van der Waals surface area contributed by atoms with E-state index in [1.807, 2.05) is 4.68 Å². The molecule has 1 saturated heterocycles. The molecule has 3 atom stereocenters. The Balaban J connectivity index is 2.17. The van der Waals surface area contributed by atoms with Crippen LogP contribution in [0.1, 0.15) is 25.1 Å². The molecule has 2 rings (SSSR count). The molecule has 0 spiro atoms. The zero-order valence-electron chi connectivity index (χ0n) is 10.8. The first-order valence-electron chi connectivity index (χ1n) is 6.22. The lowest BCUT2D eigenvalue weighted by atomic mass is 9.92. The van der Waals surface area contributed by atoms with Gasteiger partial charge in [-0.2, -0.15) is 5.10 Å². The summed E-state index contributed by atoms with van der Waals surface area (Å²) >= 11 is 3.53. The SMILES string of the molecule is COCCn1ncc(Br)c1C(N)C1CCOC1C. The van der Waals surface area contributed by atoms with Crippen LogP contribution in [0.25, 0.3) is 0 Å². The number of methoxy groups -OCH3 is 1. The minimum absolute atomic E-state index is 0.0590. The molecule has 2 N–H and O–H groups in total. The highest BCUT2D eigenvalue weighted by molar-refractivity contribution is 9.10. The molecule has 1 aromatic heterocycles. The van der Waals surface area contributed by atoms with Gasteiger partial charge in [-0.15, -0.1) is 0 Å². The van der Waals surface area contributed by atoms with Crippen molar-refractivity contribution in [2.24, 2.45) is 11.7 Å². The van der Waals surface area contributed by atoms with Gasteiger partial charge in [-0.3, -0.25) is 4.68 Å². The van der Waals surface area contributed by atoms with Crippen molar-refractivity contribution in [2.75, 3.05) is 20.3 Å². The minimum atomic E-state index is -0.0590. The summed E-state index contributed by atoms with van der Waals surface area (Å²) in [4.78, 5) is 0. The van der Waals surface area contributed by atoms with Crippen LogP contribution in [0.3, 0.4) is 0 Å². The van der Waals surface area contributed by atoms with E-state index < -0.39 is 0 Å². The van der Waals surface area contributed by atoms with Gasteiger partial charge in [-0.05, 0) is 29.3 Å². The summed E-state index contributed by atoms with van der Waals surface area (Å²) in [7, 11) is 1.69. The Hall–Kier alpha value is -0.430. The van der Waals surface area contributed by atoms with Gasteiger partial charge in [0, 0.05) is 19.6 Å². The zero-order valence-corrected chi connectivity index (χ0v) is 12.4. The number of hydrogen-bond donors (Lipinski definition) is 1. The smallest absolute Gasteiger partial charge is 0.0698 e. The van der Waals surface area contributed by atoms with E-state index in [0.717, 1.165) is 23.2 Å². The lowest BCUT2D eigenvalue weighted by Gasteiger charge is -2.23. The molecule has 0 radical (unpaired) electrons. The maximum absolute atomic E-state index is 6.40. The molecule has 102 valence electrons. The van der Waals surface area contributed by atoms with Crippen molar-refractivity contribution in [1.29, 1.82) is 0 Å². The van der Waals surface area contributed by atoms with Crippen molar-refractivity contribution in [3.8, 4) is 0 Å². The zero-order chi connectivity index (χ0) is 13.1. The fraction of sp³-hybridized carbons (Fsp3) is 0.750. The number of nitrogens with two attached hydrogens (primary N) is 1. The van der Waals surface area contributed by atoms with Crippen LogP contribution < -0.4 is 5.73 Å². The molecule has 2 heterocycles. The van der Waals surface area contributed by atoms with E-state index in [1.54, 1.807) is 13.3 Å². The Kier molecular flexibility index (Phi) is 4.77. The van der Waals surface area contributed by atoms with Gasteiger partial charge in [-0.1, -0.05) is 0 Å². The van der Waals surface area contributed by atoms with E-state index in [2.05, 4.69) is 28.0 Å². The number of hydrogen-bond acceptors (Lipinski definition) is 4. The van der Waals surface area contributed by atoms with E-state index in [1.165, 1.54) is 0 Å². The van der Waals surface area contributed by atoms with E-state index in [9.17, 15) is 0 Å². The van der Waals surface area contributed by atoms with Gasteiger partial charge in [0.15, 0.2) is 0 Å². The van der Waals surface area contributed by atoms with E-state index in [4.69, 9.17) is 15.2 Å². The molecule has 18 heavy (non-hydrogen) atoms. The molecule has 0 bridgehead atoms. The third-order valence-electron chi connectivity index (χ3n) is 3.55. The average molecular weight is 318 g/mol. The molecule has 3 unspecified atom stereocenters. The van der Waals surface area contributed by atoms with Gasteiger partial charge in [0.2, 0.25) is 0 Å². The quantitative estimate of drug-likeness (QED) is 0.898. The second-order valence-electron chi connectivity index (χ2n) is 4.65. The first-order valence-corrected chi connectivity index (χ1v) is 7.01. The Morgan fingerprint density at radius 2 is 2.50 bits per heavy atom. The van der Waals surface area contributed by atoms with Crippen molar-refractivity contribution in [2.45, 2.75) is 32.0 Å². The van der Waals surface area contributed by atoms with Crippen LogP contribution in [-0.2, 0) is 16.0 Å². The van der Waals surface area contributed by atoms with Crippen molar-refractivity contribution in [3.63, 3.8) is 0 Å². The second-order valence-corrected chi connectivity index (χ2v) is 5.50. The van der Waals surface area contributed by atoms with E-state index in [0.29, 0.717) is 19.1 Å². The predicted octanol–water partition coefficient (Wildman–Crippen LogP) is 1.72. The highest BCUT2D eigenvalue weighted by Crippen LogP contribution is 2.34. The molecule has 1 aliphatic rings. The molecule has 0 aliphatic carbocycles. The van der Waals surface area contributed by atoms with Crippen LogP contribution in [0.2, 0.25) is 0 Å². The van der Waals surface area contributed by atoms with Crippen molar-refractivity contribution >= 4 is 15.9 Å². The first-order chi connectivity index (χ1) is 8.65. The van der Waals surface area contributed by atoms with Crippen LogP contribution in [0.4, 0.5) is 0 Å². The average Bonchev–Trinajstić information content (AvgIpc) is 2.92. The summed E-state index contributed by atoms with van der Waals surface area (Å²) < 4.78 is 13.6. The third-order valence-corrected chi connectivity index (χ3v) is 4.16. The van der Waals surface area contributed by atoms with Gasteiger partial charge < -0.3 is 15.2 Å². The van der Waals surface area contributed by atoms with Crippen LogP contribution in [0.5, 0.6) is 0 Å². The van der Waals surface area contributed by atoms with Crippen LogP contribution in [0.15, 0.2) is 10.7 Å². The Labute approximate surface area is 116 Å². The molecule has 5 nitrogen and oxygen atoms in total. The number of nitrogens with zero attached hydrogens (tertiary/aromatic N) is 2. The summed E-state index contributed by atoms with van der Waals surface area (Å²) in [6.07, 6.45) is 3.01. The Morgan fingerprint density at radius 1 is 1.72 bits per heavy atom. The monoisotopic (exact) mass is 317 g/mol. The van der Waals surface area contributed by atoms with Gasteiger partial charge >= 0.3 is 0 Å². The number of ether oxygens (including phenoxy) is 2. The Morgan fingerprint density at radius 3 is 3.11 bits per heavy atom. The summed E-state index contributed by atoms with van der Waals surface area (Å²) in [6, 6.07) is -0.0590. The van der Waals surface area contributed by atoms with E-state index in [-0.39, 0.29) is 12.1 Å². The largest absolute Gasteiger partial charge is 0.383 e. The van der Waals surface area contributed by atoms with Crippen molar-refractivity contribution < 1.29 is 9.47 Å². The van der Waals surface area contributed by atoms with Crippen LogP contribution in [-0.4, -0.2) is 36.2 Å². The van der Waals surface area contributed by atoms with Crippen molar-refractivity contribution in [3.05, 3.63) is 16.4 Å². The highest BCUT2D eigenvalue weighted by atomic mass is 79.9. The topological polar surface area (TPSA) is 62.3 Å². The van der Waals surface area contributed by atoms with Crippen molar-refractivity contribution in [1.82, 2.24) is 9.78 Å². The lowest BCUT2D eigenvalue weighted by Crippen LogP contribution is -2.29. The lowest BCUT2D eigenvalue weighted by molar-refractivity contribution is 0.0983. The molecule has 6 heteroatoms. The van der Waals surface area contributed by atoms with Gasteiger partial charge in [-0.25, -0.2) is 0 Å². The predicted molar refractivity (Wildman–Crippen MR) is 72.3 cm³/mol. The molecular formula is C12H20BrN3O2. The molecule has 0 aromatic carbocycles. The van der Waals surface area contributed by atoms with Crippen LogP contribution >= 0.6 is 15.9 Å². The van der Waals surface area contributed by atoms with E-state index >= 15 is 0 Å². The summed E-state index contributed by atoms with van der Waals surface area (Å²) in [5, 5.41) is 4.34. The van der Waals surface area contributed by atoms with Gasteiger partial charge in [0.05, 0.1) is 41.7 Å². The number of halogens is 1. The minimum Gasteiger partial charge on any atom is -0.383 e. The Bertz CT molecular complexity index is 397. The summed E-state index contributed by atoms with van der Waals surface area (Å²) in [5.41, 5.74) is 7.43. The maximum atomic E-state index is 6.40. The number of aromatic nitrogens is 2. The second kappa shape index (κ2) is 6.14. The van der Waals surface area contributed by atoms with Gasteiger partial charge in [0.1, 0.15) is 0 Å². The fourth-order valence-electron chi connectivity index (χ4n) is 2.48. The van der Waals surface area contributed by atoms with Crippen LogP contribution in [0, 0.1) is 5.92 Å². The fourth-order valence-corrected chi connectivity index (χ4v) is 3.04. The molecular weight excluding hydrogens is 298 g/mol.